The fraction of sp³-hybridized carbons (Fsp3) is 0.111. The minimum Gasteiger partial charge on any atom is -0.457 e. The normalized spacial score (nSPS) is 12.8. The van der Waals surface area contributed by atoms with Gasteiger partial charge in [0.25, 0.3) is 0 Å². The van der Waals surface area contributed by atoms with Crippen LogP contribution in [0.25, 0.3) is 38.8 Å². The maximum absolute atomic E-state index is 6.62. The predicted molar refractivity (Wildman–Crippen MR) is 209 cm³/mol. The number of nitrogens with zero attached hydrogens (tertiary/aromatic N) is 5. The average Bonchev–Trinajstić information content (AvgIpc) is 3.71. The van der Waals surface area contributed by atoms with E-state index in [1.807, 2.05) is 24.5 Å². The van der Waals surface area contributed by atoms with E-state index in [9.17, 15) is 0 Å². The average molecular weight is 664 g/mol. The molecule has 51 heavy (non-hydrogen) atoms. The van der Waals surface area contributed by atoms with E-state index in [-0.39, 0.29) is 5.41 Å². The molecule has 0 spiro atoms. The van der Waals surface area contributed by atoms with E-state index in [0.29, 0.717) is 6.67 Å². The molecule has 0 saturated heterocycles. The van der Waals surface area contributed by atoms with Crippen molar-refractivity contribution in [1.82, 2.24) is 14.5 Å². The lowest BCUT2D eigenvalue weighted by Crippen LogP contribution is -2.24. The van der Waals surface area contributed by atoms with Gasteiger partial charge in [0.1, 0.15) is 29.8 Å². The molecule has 0 fully saturated rings. The standard InChI is InChI=1S/C45H37N5O/c1-45(2,3)33-24-25-46-44(26-33)50-39-17-8-7-16-37(39)38-22-21-36(28-42(38)50)51-35-15-11-14-34(27-35)48-30-49(41-19-10-9-18-40(41)48)43-23-20-32(29-47-43)31-12-5-4-6-13-31/h4-29H,30H2,1-3H3. The summed E-state index contributed by atoms with van der Waals surface area (Å²) in [5, 5.41) is 2.35. The van der Waals surface area contributed by atoms with Crippen molar-refractivity contribution in [2.24, 2.45) is 0 Å². The van der Waals surface area contributed by atoms with Crippen LogP contribution in [-0.4, -0.2) is 21.2 Å². The van der Waals surface area contributed by atoms with Crippen molar-refractivity contribution in [1.29, 1.82) is 0 Å². The number of rotatable bonds is 6. The molecule has 6 heteroatoms. The molecule has 0 radical (unpaired) electrons. The maximum Gasteiger partial charge on any atom is 0.137 e. The van der Waals surface area contributed by atoms with Gasteiger partial charge in [-0.3, -0.25) is 4.57 Å². The summed E-state index contributed by atoms with van der Waals surface area (Å²) in [5.41, 5.74) is 8.96. The predicted octanol–water partition coefficient (Wildman–Crippen LogP) is 11.6. The third-order valence-corrected chi connectivity index (χ3v) is 9.73. The molecule has 1 aliphatic rings. The quantitative estimate of drug-likeness (QED) is 0.177. The first kappa shape index (κ1) is 30.6. The highest BCUT2D eigenvalue weighted by Gasteiger charge is 2.29. The van der Waals surface area contributed by atoms with Gasteiger partial charge in [-0.1, -0.05) is 87.5 Å². The molecule has 0 aliphatic carbocycles. The topological polar surface area (TPSA) is 46.4 Å². The Morgan fingerprint density at radius 3 is 2.10 bits per heavy atom. The number of pyridine rings is 2. The van der Waals surface area contributed by atoms with Crippen LogP contribution >= 0.6 is 0 Å². The van der Waals surface area contributed by atoms with Gasteiger partial charge in [-0.2, -0.15) is 0 Å². The highest BCUT2D eigenvalue weighted by atomic mass is 16.5. The fourth-order valence-corrected chi connectivity index (χ4v) is 7.10. The third kappa shape index (κ3) is 5.55. The van der Waals surface area contributed by atoms with E-state index in [1.54, 1.807) is 0 Å². The largest absolute Gasteiger partial charge is 0.457 e. The molecule has 0 unspecified atom stereocenters. The zero-order chi connectivity index (χ0) is 34.5. The summed E-state index contributed by atoms with van der Waals surface area (Å²) in [6.45, 7) is 7.33. The number of para-hydroxylation sites is 3. The van der Waals surface area contributed by atoms with Gasteiger partial charge in [-0.05, 0) is 83.3 Å². The van der Waals surface area contributed by atoms with Crippen LogP contribution in [0.5, 0.6) is 11.5 Å². The number of hydrogen-bond donors (Lipinski definition) is 0. The van der Waals surface area contributed by atoms with Crippen molar-refractivity contribution in [3.05, 3.63) is 164 Å². The van der Waals surface area contributed by atoms with Gasteiger partial charge >= 0.3 is 0 Å². The van der Waals surface area contributed by atoms with E-state index in [2.05, 4.69) is 169 Å². The van der Waals surface area contributed by atoms with Crippen LogP contribution in [0.2, 0.25) is 0 Å². The van der Waals surface area contributed by atoms with Crippen molar-refractivity contribution < 1.29 is 4.74 Å². The molecule has 248 valence electrons. The van der Waals surface area contributed by atoms with Gasteiger partial charge in [0, 0.05) is 46.5 Å². The van der Waals surface area contributed by atoms with Gasteiger partial charge < -0.3 is 14.5 Å². The van der Waals surface area contributed by atoms with E-state index in [1.165, 1.54) is 10.9 Å². The van der Waals surface area contributed by atoms with Gasteiger partial charge in [0.2, 0.25) is 0 Å². The van der Waals surface area contributed by atoms with Gasteiger partial charge in [-0.25, -0.2) is 9.97 Å². The minimum absolute atomic E-state index is 0.00608. The number of hydrogen-bond acceptors (Lipinski definition) is 5. The Morgan fingerprint density at radius 2 is 1.29 bits per heavy atom. The first-order valence-corrected chi connectivity index (χ1v) is 17.3. The summed E-state index contributed by atoms with van der Waals surface area (Å²) >= 11 is 0. The first-order chi connectivity index (χ1) is 24.9. The molecular formula is C45H37N5O. The fourth-order valence-electron chi connectivity index (χ4n) is 7.10. The highest BCUT2D eigenvalue weighted by molar-refractivity contribution is 6.09. The molecule has 8 aromatic rings. The number of fused-ring (bicyclic) bond motifs is 4. The number of anilines is 4. The highest BCUT2D eigenvalue weighted by Crippen LogP contribution is 2.44. The van der Waals surface area contributed by atoms with E-state index in [0.717, 1.165) is 67.7 Å². The lowest BCUT2D eigenvalue weighted by atomic mass is 9.88. The van der Waals surface area contributed by atoms with Crippen LogP contribution in [0.4, 0.5) is 22.9 Å². The number of aromatic nitrogens is 3. The Balaban J connectivity index is 1.04. The monoisotopic (exact) mass is 663 g/mol. The van der Waals surface area contributed by atoms with Gasteiger partial charge in [0.15, 0.2) is 0 Å². The number of benzene rings is 5. The maximum atomic E-state index is 6.62. The van der Waals surface area contributed by atoms with Crippen LogP contribution in [0.15, 0.2) is 158 Å². The van der Waals surface area contributed by atoms with Crippen LogP contribution in [0.1, 0.15) is 26.3 Å². The second kappa shape index (κ2) is 12.2. The number of ether oxygens (including phenoxy) is 1. The zero-order valence-electron chi connectivity index (χ0n) is 28.9. The van der Waals surface area contributed by atoms with E-state index in [4.69, 9.17) is 14.7 Å². The second-order valence-electron chi connectivity index (χ2n) is 14.0. The molecule has 5 aromatic carbocycles. The lowest BCUT2D eigenvalue weighted by Gasteiger charge is -2.22. The summed E-state index contributed by atoms with van der Waals surface area (Å²) in [6, 6.07) is 50.6. The van der Waals surface area contributed by atoms with Crippen molar-refractivity contribution >= 4 is 44.7 Å². The van der Waals surface area contributed by atoms with Crippen LogP contribution < -0.4 is 14.5 Å². The zero-order valence-corrected chi connectivity index (χ0v) is 28.9. The van der Waals surface area contributed by atoms with E-state index < -0.39 is 0 Å². The third-order valence-electron chi connectivity index (χ3n) is 9.73. The molecular weight excluding hydrogens is 627 g/mol. The molecule has 0 amide bonds. The minimum atomic E-state index is 0.00608. The Kier molecular flexibility index (Phi) is 7.32. The lowest BCUT2D eigenvalue weighted by molar-refractivity contribution is 0.483. The molecule has 1 aliphatic heterocycles. The van der Waals surface area contributed by atoms with Gasteiger partial charge in [0.05, 0.1) is 22.4 Å². The van der Waals surface area contributed by atoms with Crippen LogP contribution in [0, 0.1) is 0 Å². The van der Waals surface area contributed by atoms with Crippen LogP contribution in [0.3, 0.4) is 0 Å². The Labute approximate surface area is 297 Å². The van der Waals surface area contributed by atoms with Crippen molar-refractivity contribution in [3.63, 3.8) is 0 Å². The van der Waals surface area contributed by atoms with Crippen molar-refractivity contribution in [2.75, 3.05) is 16.5 Å². The molecule has 3 aromatic heterocycles. The molecule has 6 nitrogen and oxygen atoms in total. The first-order valence-electron chi connectivity index (χ1n) is 17.3. The molecule has 0 N–H and O–H groups in total. The molecule has 4 heterocycles. The molecule has 0 saturated carbocycles. The molecule has 9 rings (SSSR count). The Bertz CT molecular complexity index is 2530. The SMILES string of the molecule is CC(C)(C)c1ccnc(-n2c3ccccc3c3ccc(Oc4cccc(N5CN(c6ccc(-c7ccccc7)cn6)c6ccccc65)c4)cc32)c1. The van der Waals surface area contributed by atoms with E-state index >= 15 is 0 Å². The van der Waals surface area contributed by atoms with Crippen molar-refractivity contribution in [3.8, 4) is 28.4 Å². The summed E-state index contributed by atoms with van der Waals surface area (Å²) in [7, 11) is 0. The molecule has 0 atom stereocenters. The molecule has 0 bridgehead atoms. The Hall–Kier alpha value is -6.40. The van der Waals surface area contributed by atoms with Crippen LogP contribution in [-0.2, 0) is 5.41 Å². The Morgan fingerprint density at radius 1 is 0.549 bits per heavy atom. The summed E-state index contributed by atoms with van der Waals surface area (Å²) in [6.07, 6.45) is 3.87. The smallest absolute Gasteiger partial charge is 0.137 e. The van der Waals surface area contributed by atoms with Gasteiger partial charge in [-0.15, -0.1) is 0 Å². The summed E-state index contributed by atoms with van der Waals surface area (Å²) in [4.78, 5) is 14.3. The summed E-state index contributed by atoms with van der Waals surface area (Å²) in [5.74, 6) is 3.34. The van der Waals surface area contributed by atoms with Crippen molar-refractivity contribution in [2.45, 2.75) is 26.2 Å². The second-order valence-corrected chi connectivity index (χ2v) is 14.0. The summed E-state index contributed by atoms with van der Waals surface area (Å²) < 4.78 is 8.87.